The van der Waals surface area contributed by atoms with Crippen molar-refractivity contribution in [2.75, 3.05) is 6.61 Å². The summed E-state index contributed by atoms with van der Waals surface area (Å²) in [6, 6.07) is 0. The number of carboxylic acids is 1. The van der Waals surface area contributed by atoms with Crippen LogP contribution in [0.5, 0.6) is 0 Å². The van der Waals surface area contributed by atoms with Crippen LogP contribution in [0.3, 0.4) is 0 Å². The lowest BCUT2D eigenvalue weighted by Crippen LogP contribution is -2.01. The maximum absolute atomic E-state index is 10.1. The van der Waals surface area contributed by atoms with Crippen molar-refractivity contribution in [1.82, 2.24) is 0 Å². The Labute approximate surface area is 95.9 Å². The third-order valence-corrected chi connectivity index (χ3v) is 2.09. The minimum absolute atomic E-state index is 0.225. The first-order valence-electron chi connectivity index (χ1n) is 5.53. The van der Waals surface area contributed by atoms with Gasteiger partial charge in [0.25, 0.3) is 0 Å². The molecule has 0 heterocycles. The molecule has 0 bridgehead atoms. The molecule has 0 aromatic rings. The third kappa shape index (κ3) is 10.9. The molecule has 0 aliphatic heterocycles. The molecule has 0 aliphatic carbocycles. The number of allylic oxidation sites excluding steroid dienone is 2. The molecule has 0 rings (SSSR count). The molecule has 0 saturated heterocycles. The number of carbonyl (C=O) groups is 1. The highest BCUT2D eigenvalue weighted by molar-refractivity contribution is 5.80. The number of rotatable bonds is 9. The van der Waals surface area contributed by atoms with Crippen LogP contribution < -0.4 is 0 Å². The highest BCUT2D eigenvalue weighted by Crippen LogP contribution is 2.06. The van der Waals surface area contributed by atoms with Crippen molar-refractivity contribution in [2.24, 2.45) is 0 Å². The van der Waals surface area contributed by atoms with Gasteiger partial charge in [0.1, 0.15) is 0 Å². The molecule has 0 saturated carbocycles. The Bertz CT molecular complexity index is 233. The first kappa shape index (κ1) is 14.9. The van der Waals surface area contributed by atoms with E-state index in [0.717, 1.165) is 31.8 Å². The van der Waals surface area contributed by atoms with Crippen LogP contribution in [0.2, 0.25) is 0 Å². The minimum atomic E-state index is -0.997. The monoisotopic (exact) mass is 228 g/mol. The third-order valence-electron chi connectivity index (χ3n) is 2.09. The SMILES string of the molecule is O=C(O)C=CC=CC(O)CCCCCCO. The highest BCUT2D eigenvalue weighted by atomic mass is 16.4. The van der Waals surface area contributed by atoms with Gasteiger partial charge >= 0.3 is 5.97 Å². The van der Waals surface area contributed by atoms with Crippen molar-refractivity contribution in [2.45, 2.75) is 38.2 Å². The number of aliphatic carboxylic acids is 1. The van der Waals surface area contributed by atoms with Gasteiger partial charge in [-0.15, -0.1) is 0 Å². The predicted molar refractivity (Wildman–Crippen MR) is 62.1 cm³/mol. The van der Waals surface area contributed by atoms with E-state index in [1.54, 1.807) is 6.08 Å². The van der Waals surface area contributed by atoms with Crippen molar-refractivity contribution in [3.8, 4) is 0 Å². The van der Waals surface area contributed by atoms with E-state index >= 15 is 0 Å². The first-order chi connectivity index (χ1) is 7.66. The van der Waals surface area contributed by atoms with Gasteiger partial charge in [-0.05, 0) is 12.8 Å². The van der Waals surface area contributed by atoms with E-state index in [4.69, 9.17) is 10.2 Å². The van der Waals surface area contributed by atoms with Crippen LogP contribution in [0, 0.1) is 0 Å². The summed E-state index contributed by atoms with van der Waals surface area (Å²) >= 11 is 0. The molecule has 1 unspecified atom stereocenters. The summed E-state index contributed by atoms with van der Waals surface area (Å²) in [4.78, 5) is 10.1. The van der Waals surface area contributed by atoms with Gasteiger partial charge in [0.2, 0.25) is 0 Å². The molecule has 0 fully saturated rings. The summed E-state index contributed by atoms with van der Waals surface area (Å²) < 4.78 is 0. The lowest BCUT2D eigenvalue weighted by molar-refractivity contribution is -0.131. The van der Waals surface area contributed by atoms with Crippen LogP contribution in [-0.2, 0) is 4.79 Å². The summed E-state index contributed by atoms with van der Waals surface area (Å²) in [6.07, 6.45) is 9.36. The van der Waals surface area contributed by atoms with Gasteiger partial charge in [0, 0.05) is 12.7 Å². The Kier molecular flexibility index (Phi) is 9.66. The molecule has 0 aromatic heterocycles. The van der Waals surface area contributed by atoms with Crippen molar-refractivity contribution >= 4 is 5.97 Å². The van der Waals surface area contributed by atoms with Crippen LogP contribution in [0.25, 0.3) is 0 Å². The van der Waals surface area contributed by atoms with Crippen LogP contribution in [0.15, 0.2) is 24.3 Å². The number of unbranched alkanes of at least 4 members (excludes halogenated alkanes) is 3. The number of carboxylic acid groups (broad SMARTS) is 1. The van der Waals surface area contributed by atoms with E-state index < -0.39 is 12.1 Å². The zero-order valence-electron chi connectivity index (χ0n) is 9.38. The van der Waals surface area contributed by atoms with Gasteiger partial charge in [0.05, 0.1) is 6.10 Å². The molecular weight excluding hydrogens is 208 g/mol. The van der Waals surface area contributed by atoms with Crippen molar-refractivity contribution < 1.29 is 20.1 Å². The molecule has 0 aromatic carbocycles. The lowest BCUT2D eigenvalue weighted by atomic mass is 10.1. The fourth-order valence-electron chi connectivity index (χ4n) is 1.25. The van der Waals surface area contributed by atoms with E-state index in [1.165, 1.54) is 12.2 Å². The molecule has 0 aliphatic rings. The fourth-order valence-corrected chi connectivity index (χ4v) is 1.25. The molecule has 0 radical (unpaired) electrons. The molecule has 0 spiro atoms. The highest BCUT2D eigenvalue weighted by Gasteiger charge is 1.97. The molecule has 3 N–H and O–H groups in total. The van der Waals surface area contributed by atoms with Crippen LogP contribution in [0.1, 0.15) is 32.1 Å². The minimum Gasteiger partial charge on any atom is -0.478 e. The van der Waals surface area contributed by atoms with E-state index in [1.807, 2.05) is 0 Å². The Morgan fingerprint density at radius 3 is 2.44 bits per heavy atom. The van der Waals surface area contributed by atoms with Crippen LogP contribution >= 0.6 is 0 Å². The Morgan fingerprint density at radius 1 is 1.12 bits per heavy atom. The van der Waals surface area contributed by atoms with Gasteiger partial charge in [-0.3, -0.25) is 0 Å². The van der Waals surface area contributed by atoms with Gasteiger partial charge < -0.3 is 15.3 Å². The maximum atomic E-state index is 10.1. The first-order valence-corrected chi connectivity index (χ1v) is 5.53. The van der Waals surface area contributed by atoms with Crippen molar-refractivity contribution in [1.29, 1.82) is 0 Å². The Morgan fingerprint density at radius 2 is 1.81 bits per heavy atom. The van der Waals surface area contributed by atoms with Crippen LogP contribution in [0.4, 0.5) is 0 Å². The summed E-state index contributed by atoms with van der Waals surface area (Å²) in [5, 5.41) is 26.3. The quantitative estimate of drug-likeness (QED) is 0.317. The maximum Gasteiger partial charge on any atom is 0.328 e. The smallest absolute Gasteiger partial charge is 0.328 e. The number of aliphatic hydroxyl groups is 2. The second-order valence-corrected chi connectivity index (χ2v) is 3.58. The summed E-state index contributed by atoms with van der Waals surface area (Å²) in [7, 11) is 0. The summed E-state index contributed by atoms with van der Waals surface area (Å²) in [5.41, 5.74) is 0. The molecule has 4 nitrogen and oxygen atoms in total. The van der Waals surface area contributed by atoms with Gasteiger partial charge in [-0.1, -0.05) is 37.5 Å². The average molecular weight is 228 g/mol. The summed E-state index contributed by atoms with van der Waals surface area (Å²) in [6.45, 7) is 0.225. The summed E-state index contributed by atoms with van der Waals surface area (Å²) in [5.74, 6) is -0.997. The normalized spacial score (nSPS) is 13.6. The molecule has 16 heavy (non-hydrogen) atoms. The van der Waals surface area contributed by atoms with E-state index in [-0.39, 0.29) is 6.61 Å². The number of hydrogen-bond donors (Lipinski definition) is 3. The topological polar surface area (TPSA) is 77.8 Å². The second kappa shape index (κ2) is 10.4. The largest absolute Gasteiger partial charge is 0.478 e. The van der Waals surface area contributed by atoms with Gasteiger partial charge in [0.15, 0.2) is 0 Å². The molecule has 1 atom stereocenters. The molecular formula is C12H20O4. The molecule has 0 amide bonds. The zero-order valence-corrected chi connectivity index (χ0v) is 9.38. The molecule has 4 heteroatoms. The standard InChI is InChI=1S/C12H20O4/c13-10-6-2-1-3-7-11(14)8-4-5-9-12(15)16/h4-5,8-9,11,13-14H,1-3,6-7,10H2,(H,15,16). The average Bonchev–Trinajstić information content (AvgIpc) is 2.24. The Hall–Kier alpha value is -1.13. The lowest BCUT2D eigenvalue weighted by Gasteiger charge is -2.04. The molecule has 92 valence electrons. The Balaban J connectivity index is 3.50. The van der Waals surface area contributed by atoms with Gasteiger partial charge in [-0.2, -0.15) is 0 Å². The van der Waals surface area contributed by atoms with Crippen molar-refractivity contribution in [3.63, 3.8) is 0 Å². The number of aliphatic hydroxyl groups excluding tert-OH is 2. The number of hydrogen-bond acceptors (Lipinski definition) is 3. The van der Waals surface area contributed by atoms with Gasteiger partial charge in [-0.25, -0.2) is 4.79 Å². The van der Waals surface area contributed by atoms with E-state index in [2.05, 4.69) is 0 Å². The second-order valence-electron chi connectivity index (χ2n) is 3.58. The fraction of sp³-hybridized carbons (Fsp3) is 0.583. The predicted octanol–water partition coefficient (Wildman–Crippen LogP) is 1.49. The van der Waals surface area contributed by atoms with E-state index in [0.29, 0.717) is 6.42 Å². The van der Waals surface area contributed by atoms with Crippen LogP contribution in [-0.4, -0.2) is 34.0 Å². The van der Waals surface area contributed by atoms with E-state index in [9.17, 15) is 9.90 Å². The zero-order chi connectivity index (χ0) is 12.2. The van der Waals surface area contributed by atoms with Crippen molar-refractivity contribution in [3.05, 3.63) is 24.3 Å².